The lowest BCUT2D eigenvalue weighted by Gasteiger charge is -2.16. The van der Waals surface area contributed by atoms with Crippen LogP contribution in [0.3, 0.4) is 0 Å². The van der Waals surface area contributed by atoms with Gasteiger partial charge in [-0.1, -0.05) is 12.1 Å². The molecular formula is C19H26N2O3S. The molecule has 1 heterocycles. The Balaban J connectivity index is 2.19. The van der Waals surface area contributed by atoms with Crippen molar-refractivity contribution >= 4 is 15.7 Å². The minimum absolute atomic E-state index is 0.125. The Morgan fingerprint density at radius 2 is 1.64 bits per heavy atom. The predicted octanol–water partition coefficient (Wildman–Crippen LogP) is 3.58. The number of aryl methyl sites for hydroxylation is 1. The maximum absolute atomic E-state index is 12.6. The van der Waals surface area contributed by atoms with Crippen LogP contribution in [0.5, 0.6) is 0 Å². The summed E-state index contributed by atoms with van der Waals surface area (Å²) < 4.78 is 25.2. The Morgan fingerprint density at radius 1 is 1.08 bits per heavy atom. The number of nitrogens with one attached hydrogen (secondary N) is 1. The molecule has 2 aromatic rings. The van der Waals surface area contributed by atoms with Crippen molar-refractivity contribution in [3.05, 3.63) is 52.8 Å². The number of hydrogen-bond acceptors (Lipinski definition) is 3. The van der Waals surface area contributed by atoms with E-state index in [4.69, 9.17) is 0 Å². The van der Waals surface area contributed by atoms with Crippen LogP contribution in [0.25, 0.3) is 0 Å². The number of amides is 1. The SMILES string of the molecule is Cc1cc(C(=O)NC(C)c2ccc(S(C)(=O)=O)cc2)c(C)n1C(C)C. The molecule has 1 atom stereocenters. The van der Waals surface area contributed by atoms with E-state index in [0.717, 1.165) is 17.0 Å². The molecule has 136 valence electrons. The molecule has 0 saturated carbocycles. The molecule has 1 aromatic carbocycles. The van der Waals surface area contributed by atoms with Crippen LogP contribution >= 0.6 is 0 Å². The number of aromatic nitrogens is 1. The quantitative estimate of drug-likeness (QED) is 0.884. The third-order valence-corrected chi connectivity index (χ3v) is 5.53. The highest BCUT2D eigenvalue weighted by atomic mass is 32.2. The molecule has 0 fully saturated rings. The van der Waals surface area contributed by atoms with Crippen LogP contribution in [0.4, 0.5) is 0 Å². The zero-order chi connectivity index (χ0) is 18.9. The Morgan fingerprint density at radius 3 is 2.08 bits per heavy atom. The van der Waals surface area contributed by atoms with Gasteiger partial charge in [0.2, 0.25) is 0 Å². The van der Waals surface area contributed by atoms with Crippen molar-refractivity contribution in [1.29, 1.82) is 0 Å². The molecule has 1 N–H and O–H groups in total. The third-order valence-electron chi connectivity index (χ3n) is 4.40. The first-order valence-corrected chi connectivity index (χ1v) is 10.2. The van der Waals surface area contributed by atoms with Crippen LogP contribution in [0.1, 0.15) is 60.2 Å². The highest BCUT2D eigenvalue weighted by Gasteiger charge is 2.19. The highest BCUT2D eigenvalue weighted by molar-refractivity contribution is 7.90. The minimum Gasteiger partial charge on any atom is -0.346 e. The third kappa shape index (κ3) is 4.12. The van der Waals surface area contributed by atoms with E-state index in [9.17, 15) is 13.2 Å². The number of hydrogen-bond donors (Lipinski definition) is 1. The molecule has 2 rings (SSSR count). The van der Waals surface area contributed by atoms with E-state index in [2.05, 4.69) is 23.7 Å². The molecule has 25 heavy (non-hydrogen) atoms. The molecule has 6 heteroatoms. The summed E-state index contributed by atoms with van der Waals surface area (Å²) in [6.07, 6.45) is 1.18. The second-order valence-corrected chi connectivity index (χ2v) is 8.80. The monoisotopic (exact) mass is 362 g/mol. The van der Waals surface area contributed by atoms with Gasteiger partial charge < -0.3 is 9.88 Å². The maximum atomic E-state index is 12.6. The molecule has 0 aliphatic carbocycles. The van der Waals surface area contributed by atoms with E-state index < -0.39 is 9.84 Å². The largest absolute Gasteiger partial charge is 0.346 e. The summed E-state index contributed by atoms with van der Waals surface area (Å²) in [5, 5.41) is 2.99. The minimum atomic E-state index is -3.22. The molecule has 1 unspecified atom stereocenters. The van der Waals surface area contributed by atoms with Crippen molar-refractivity contribution in [3.8, 4) is 0 Å². The molecule has 0 aliphatic rings. The highest BCUT2D eigenvalue weighted by Crippen LogP contribution is 2.22. The molecule has 0 saturated heterocycles. The summed E-state index contributed by atoms with van der Waals surface area (Å²) in [6, 6.07) is 8.59. The van der Waals surface area contributed by atoms with Gasteiger partial charge in [0.25, 0.3) is 5.91 Å². The normalized spacial score (nSPS) is 13.1. The van der Waals surface area contributed by atoms with Gasteiger partial charge in [0.1, 0.15) is 0 Å². The van der Waals surface area contributed by atoms with Crippen LogP contribution in [-0.2, 0) is 9.84 Å². The fourth-order valence-electron chi connectivity index (χ4n) is 3.16. The topological polar surface area (TPSA) is 68.2 Å². The van der Waals surface area contributed by atoms with Crippen molar-refractivity contribution in [2.45, 2.75) is 51.6 Å². The summed E-state index contributed by atoms with van der Waals surface area (Å²) in [5.74, 6) is -0.125. The first-order valence-electron chi connectivity index (χ1n) is 8.31. The Kier molecular flexibility index (Phi) is 5.42. The average molecular weight is 362 g/mol. The Labute approximate surface area is 150 Å². The van der Waals surface area contributed by atoms with Gasteiger partial charge in [-0.25, -0.2) is 8.42 Å². The second-order valence-electron chi connectivity index (χ2n) is 6.78. The number of rotatable bonds is 5. The van der Waals surface area contributed by atoms with Gasteiger partial charge in [-0.3, -0.25) is 4.79 Å². The van der Waals surface area contributed by atoms with Gasteiger partial charge in [0, 0.05) is 23.7 Å². The number of carbonyl (C=O) groups excluding carboxylic acids is 1. The van der Waals surface area contributed by atoms with Crippen LogP contribution in [0, 0.1) is 13.8 Å². The van der Waals surface area contributed by atoms with E-state index in [1.165, 1.54) is 6.26 Å². The first-order chi connectivity index (χ1) is 11.5. The fourth-order valence-corrected chi connectivity index (χ4v) is 3.79. The van der Waals surface area contributed by atoms with Gasteiger partial charge in [-0.2, -0.15) is 0 Å². The summed E-state index contributed by atoms with van der Waals surface area (Å²) >= 11 is 0. The summed E-state index contributed by atoms with van der Waals surface area (Å²) in [7, 11) is -3.22. The Hall–Kier alpha value is -2.08. The lowest BCUT2D eigenvalue weighted by Crippen LogP contribution is -2.27. The lowest BCUT2D eigenvalue weighted by atomic mass is 10.1. The van der Waals surface area contributed by atoms with Crippen LogP contribution < -0.4 is 5.32 Å². The van der Waals surface area contributed by atoms with E-state index in [1.54, 1.807) is 24.3 Å². The molecule has 1 amide bonds. The smallest absolute Gasteiger partial charge is 0.253 e. The average Bonchev–Trinajstić information content (AvgIpc) is 2.81. The molecule has 0 bridgehead atoms. The summed E-state index contributed by atoms with van der Waals surface area (Å²) in [5.41, 5.74) is 3.54. The van der Waals surface area contributed by atoms with Crippen molar-refractivity contribution in [2.75, 3.05) is 6.26 Å². The molecule has 0 radical (unpaired) electrons. The number of sulfone groups is 1. The van der Waals surface area contributed by atoms with Crippen LogP contribution in [-0.4, -0.2) is 25.1 Å². The van der Waals surface area contributed by atoms with Gasteiger partial charge in [0.05, 0.1) is 16.5 Å². The van der Waals surface area contributed by atoms with Gasteiger partial charge in [-0.15, -0.1) is 0 Å². The van der Waals surface area contributed by atoms with Gasteiger partial charge >= 0.3 is 0 Å². The number of carbonyl (C=O) groups is 1. The molecule has 0 spiro atoms. The first kappa shape index (κ1) is 19.2. The van der Waals surface area contributed by atoms with Crippen LogP contribution in [0.2, 0.25) is 0 Å². The van der Waals surface area contributed by atoms with Crippen molar-refractivity contribution in [3.63, 3.8) is 0 Å². The number of nitrogens with zero attached hydrogens (tertiary/aromatic N) is 1. The second kappa shape index (κ2) is 7.04. The fraction of sp³-hybridized carbons (Fsp3) is 0.421. The van der Waals surface area contributed by atoms with E-state index in [-0.39, 0.29) is 16.8 Å². The van der Waals surface area contributed by atoms with Crippen LogP contribution in [0.15, 0.2) is 35.2 Å². The van der Waals surface area contributed by atoms with Crippen molar-refractivity contribution < 1.29 is 13.2 Å². The van der Waals surface area contributed by atoms with Crippen molar-refractivity contribution in [2.24, 2.45) is 0 Å². The van der Waals surface area contributed by atoms with Crippen molar-refractivity contribution in [1.82, 2.24) is 9.88 Å². The van der Waals surface area contributed by atoms with E-state index in [1.807, 2.05) is 26.8 Å². The molecule has 0 aliphatic heterocycles. The van der Waals surface area contributed by atoms with Gasteiger partial charge in [-0.05, 0) is 58.4 Å². The predicted molar refractivity (Wildman–Crippen MR) is 99.7 cm³/mol. The van der Waals surface area contributed by atoms with E-state index >= 15 is 0 Å². The Bertz CT molecular complexity index is 878. The zero-order valence-corrected chi connectivity index (χ0v) is 16.4. The zero-order valence-electron chi connectivity index (χ0n) is 15.6. The number of benzene rings is 1. The molecular weight excluding hydrogens is 336 g/mol. The maximum Gasteiger partial charge on any atom is 0.253 e. The summed E-state index contributed by atoms with van der Waals surface area (Å²) in [6.45, 7) is 10.0. The standard InChI is InChI=1S/C19H26N2O3S/c1-12(2)21-13(3)11-18(15(21)5)19(22)20-14(4)16-7-9-17(10-8-16)25(6,23)24/h7-12,14H,1-6H3,(H,20,22). The lowest BCUT2D eigenvalue weighted by molar-refractivity contribution is 0.0939. The van der Waals surface area contributed by atoms with Gasteiger partial charge in [0.15, 0.2) is 9.84 Å². The molecule has 1 aromatic heterocycles. The van der Waals surface area contributed by atoms with E-state index in [0.29, 0.717) is 11.6 Å². The summed E-state index contributed by atoms with van der Waals surface area (Å²) in [4.78, 5) is 12.9. The molecule has 5 nitrogen and oxygen atoms in total.